The summed E-state index contributed by atoms with van der Waals surface area (Å²) in [6, 6.07) is 0. The van der Waals surface area contributed by atoms with E-state index in [2.05, 4.69) is 5.32 Å². The van der Waals surface area contributed by atoms with E-state index in [1.807, 2.05) is 0 Å². The van der Waals surface area contributed by atoms with Crippen molar-refractivity contribution in [2.24, 2.45) is 11.8 Å². The standard InChI is InChI=1S/C7H9NO2/c9-6-1-7(10)5-3-8-2-4(5)6/h1,4-5,8-9H,2-3H2/t4-,5?/m1/s1. The Hall–Kier alpha value is -0.830. The molecule has 2 N–H and O–H groups in total. The molecule has 1 aliphatic carbocycles. The molecule has 2 atom stereocenters. The molecule has 0 aromatic heterocycles. The Balaban J connectivity index is 2.29. The van der Waals surface area contributed by atoms with E-state index >= 15 is 0 Å². The Bertz CT molecular complexity index is 210. The van der Waals surface area contributed by atoms with Gasteiger partial charge in [0, 0.05) is 31.0 Å². The van der Waals surface area contributed by atoms with Crippen molar-refractivity contribution in [3.8, 4) is 0 Å². The first-order valence-electron chi connectivity index (χ1n) is 3.44. The van der Waals surface area contributed by atoms with Gasteiger partial charge in [-0.25, -0.2) is 0 Å². The summed E-state index contributed by atoms with van der Waals surface area (Å²) in [6.07, 6.45) is 1.36. The molecule has 3 nitrogen and oxygen atoms in total. The Morgan fingerprint density at radius 3 is 2.90 bits per heavy atom. The molecule has 3 heteroatoms. The molecule has 0 aromatic rings. The van der Waals surface area contributed by atoms with E-state index in [0.29, 0.717) is 0 Å². The summed E-state index contributed by atoms with van der Waals surface area (Å²) in [6.45, 7) is 1.47. The molecule has 0 bridgehead atoms. The van der Waals surface area contributed by atoms with Crippen LogP contribution in [0.3, 0.4) is 0 Å². The molecule has 1 fully saturated rings. The monoisotopic (exact) mass is 139 g/mol. The minimum Gasteiger partial charge on any atom is -0.512 e. The quantitative estimate of drug-likeness (QED) is 0.490. The fraction of sp³-hybridized carbons (Fsp3) is 0.571. The molecular formula is C7H9NO2. The number of fused-ring (bicyclic) bond motifs is 1. The second-order valence-electron chi connectivity index (χ2n) is 2.84. The third kappa shape index (κ3) is 0.609. The highest BCUT2D eigenvalue weighted by Gasteiger charge is 2.39. The van der Waals surface area contributed by atoms with Gasteiger partial charge in [-0.2, -0.15) is 0 Å². The lowest BCUT2D eigenvalue weighted by molar-refractivity contribution is -0.117. The number of allylic oxidation sites excluding steroid dienone is 1. The van der Waals surface area contributed by atoms with E-state index in [-0.39, 0.29) is 23.4 Å². The molecule has 54 valence electrons. The van der Waals surface area contributed by atoms with Crippen molar-refractivity contribution < 1.29 is 9.90 Å². The third-order valence-corrected chi connectivity index (χ3v) is 2.25. The van der Waals surface area contributed by atoms with E-state index in [1.165, 1.54) is 6.08 Å². The molecule has 2 aliphatic rings. The lowest BCUT2D eigenvalue weighted by atomic mass is 9.98. The lowest BCUT2D eigenvalue weighted by Gasteiger charge is -2.04. The van der Waals surface area contributed by atoms with Crippen molar-refractivity contribution in [3.63, 3.8) is 0 Å². The molecule has 0 spiro atoms. The highest BCUT2D eigenvalue weighted by Crippen LogP contribution is 2.29. The lowest BCUT2D eigenvalue weighted by Crippen LogP contribution is -2.15. The topological polar surface area (TPSA) is 49.3 Å². The van der Waals surface area contributed by atoms with Crippen molar-refractivity contribution in [3.05, 3.63) is 11.8 Å². The second kappa shape index (κ2) is 1.83. The average Bonchev–Trinajstić information content (AvgIpc) is 2.39. The number of hydrogen-bond donors (Lipinski definition) is 2. The highest BCUT2D eigenvalue weighted by atomic mass is 16.3. The van der Waals surface area contributed by atoms with Crippen LogP contribution in [0.4, 0.5) is 0 Å². The van der Waals surface area contributed by atoms with Crippen LogP contribution in [0, 0.1) is 11.8 Å². The maximum Gasteiger partial charge on any atom is 0.164 e. The Kier molecular flexibility index (Phi) is 1.08. The van der Waals surface area contributed by atoms with Crippen molar-refractivity contribution in [2.75, 3.05) is 13.1 Å². The number of rotatable bonds is 0. The summed E-state index contributed by atoms with van der Waals surface area (Å²) < 4.78 is 0. The van der Waals surface area contributed by atoms with Gasteiger partial charge in [-0.15, -0.1) is 0 Å². The Morgan fingerprint density at radius 2 is 2.20 bits per heavy atom. The number of hydrogen-bond acceptors (Lipinski definition) is 3. The number of carbonyl (C=O) groups is 1. The third-order valence-electron chi connectivity index (χ3n) is 2.25. The van der Waals surface area contributed by atoms with Gasteiger partial charge in [-0.1, -0.05) is 0 Å². The van der Waals surface area contributed by atoms with Gasteiger partial charge in [0.1, 0.15) is 5.76 Å². The predicted octanol–water partition coefficient (Wildman–Crippen LogP) is -0.153. The van der Waals surface area contributed by atoms with E-state index in [9.17, 15) is 9.90 Å². The first-order valence-corrected chi connectivity index (χ1v) is 3.44. The van der Waals surface area contributed by atoms with Gasteiger partial charge in [0.15, 0.2) is 5.78 Å². The SMILES string of the molecule is O=C1C=C(O)[C@@H]2CNCC12. The van der Waals surface area contributed by atoms with Crippen molar-refractivity contribution >= 4 is 5.78 Å². The summed E-state index contributed by atoms with van der Waals surface area (Å²) in [4.78, 5) is 11.0. The van der Waals surface area contributed by atoms with Gasteiger partial charge in [0.2, 0.25) is 0 Å². The van der Waals surface area contributed by atoms with Crippen LogP contribution in [-0.2, 0) is 4.79 Å². The zero-order valence-electron chi connectivity index (χ0n) is 5.50. The van der Waals surface area contributed by atoms with Crippen molar-refractivity contribution in [2.45, 2.75) is 0 Å². The van der Waals surface area contributed by atoms with Crippen LogP contribution in [0.25, 0.3) is 0 Å². The maximum atomic E-state index is 11.0. The second-order valence-corrected chi connectivity index (χ2v) is 2.84. The first-order chi connectivity index (χ1) is 4.79. The van der Waals surface area contributed by atoms with E-state index in [0.717, 1.165) is 13.1 Å². The van der Waals surface area contributed by atoms with Crippen LogP contribution < -0.4 is 5.32 Å². The fourth-order valence-corrected chi connectivity index (χ4v) is 1.65. The molecular weight excluding hydrogens is 130 g/mol. The average molecular weight is 139 g/mol. The number of ketones is 1. The van der Waals surface area contributed by atoms with Gasteiger partial charge in [-0.3, -0.25) is 4.79 Å². The molecule has 1 saturated heterocycles. The van der Waals surface area contributed by atoms with Crippen LogP contribution in [0.1, 0.15) is 0 Å². The largest absolute Gasteiger partial charge is 0.512 e. The number of nitrogens with one attached hydrogen (secondary N) is 1. The minimum absolute atomic E-state index is 0.0278. The zero-order valence-corrected chi connectivity index (χ0v) is 5.50. The van der Waals surface area contributed by atoms with Crippen molar-refractivity contribution in [1.29, 1.82) is 0 Å². The summed E-state index contributed by atoms with van der Waals surface area (Å²) in [7, 11) is 0. The fourth-order valence-electron chi connectivity index (χ4n) is 1.65. The molecule has 0 saturated carbocycles. The molecule has 0 radical (unpaired) electrons. The Labute approximate surface area is 58.7 Å². The first kappa shape index (κ1) is 5.92. The van der Waals surface area contributed by atoms with Crippen LogP contribution >= 0.6 is 0 Å². The number of carbonyl (C=O) groups excluding carboxylic acids is 1. The van der Waals surface area contributed by atoms with Gasteiger partial charge in [0.05, 0.1) is 0 Å². The molecule has 1 aliphatic heterocycles. The Morgan fingerprint density at radius 1 is 1.50 bits per heavy atom. The maximum absolute atomic E-state index is 11.0. The minimum atomic E-state index is 0.0278. The smallest absolute Gasteiger partial charge is 0.164 e. The van der Waals surface area contributed by atoms with Crippen LogP contribution in [0.2, 0.25) is 0 Å². The van der Waals surface area contributed by atoms with E-state index < -0.39 is 0 Å². The summed E-state index contributed by atoms with van der Waals surface area (Å²) >= 11 is 0. The molecule has 2 rings (SSSR count). The van der Waals surface area contributed by atoms with E-state index in [4.69, 9.17) is 0 Å². The van der Waals surface area contributed by atoms with Gasteiger partial charge < -0.3 is 10.4 Å². The molecule has 10 heavy (non-hydrogen) atoms. The number of aliphatic hydroxyl groups is 1. The van der Waals surface area contributed by atoms with Gasteiger partial charge >= 0.3 is 0 Å². The molecule has 1 heterocycles. The van der Waals surface area contributed by atoms with Crippen LogP contribution in [0.15, 0.2) is 11.8 Å². The number of aliphatic hydroxyl groups excluding tert-OH is 1. The van der Waals surface area contributed by atoms with Crippen LogP contribution in [0.5, 0.6) is 0 Å². The summed E-state index contributed by atoms with van der Waals surface area (Å²) in [5, 5.41) is 12.2. The highest BCUT2D eigenvalue weighted by molar-refractivity contribution is 5.95. The van der Waals surface area contributed by atoms with Crippen LogP contribution in [-0.4, -0.2) is 24.0 Å². The van der Waals surface area contributed by atoms with Crippen molar-refractivity contribution in [1.82, 2.24) is 5.32 Å². The summed E-state index contributed by atoms with van der Waals surface area (Å²) in [5.41, 5.74) is 0. The zero-order chi connectivity index (χ0) is 7.14. The van der Waals surface area contributed by atoms with Gasteiger partial charge in [-0.05, 0) is 0 Å². The molecule has 0 amide bonds. The predicted molar refractivity (Wildman–Crippen MR) is 35.6 cm³/mol. The normalized spacial score (nSPS) is 38.0. The summed E-state index contributed by atoms with van der Waals surface area (Å²) in [5.74, 6) is 0.444. The van der Waals surface area contributed by atoms with E-state index in [1.54, 1.807) is 0 Å². The molecule has 0 aromatic carbocycles. The molecule has 1 unspecified atom stereocenters. The van der Waals surface area contributed by atoms with Gasteiger partial charge in [0.25, 0.3) is 0 Å².